The molecule has 0 aliphatic rings. The number of para-hydroxylation sites is 1. The molecule has 200 valence electrons. The highest BCUT2D eigenvalue weighted by Crippen LogP contribution is 2.45. The Labute approximate surface area is 268 Å². The summed E-state index contributed by atoms with van der Waals surface area (Å²) in [6.07, 6.45) is 0. The van der Waals surface area contributed by atoms with Crippen molar-refractivity contribution >= 4 is 54.3 Å². The van der Waals surface area contributed by atoms with Gasteiger partial charge in [-0.1, -0.05) is 139 Å². The van der Waals surface area contributed by atoms with Crippen LogP contribution < -0.4 is 0 Å². The van der Waals surface area contributed by atoms with Crippen LogP contribution in [0.5, 0.6) is 0 Å². The molecule has 0 fully saturated rings. The van der Waals surface area contributed by atoms with Gasteiger partial charge in [0.05, 0.1) is 19.2 Å². The smallest absolute Gasteiger partial charge is 0.136 e. The molecule has 0 unspecified atom stereocenters. The molecule has 1 aromatic heterocycles. The van der Waals surface area contributed by atoms with Crippen molar-refractivity contribution in [1.82, 2.24) is 0 Å². The van der Waals surface area contributed by atoms with E-state index in [0.29, 0.717) is 21.9 Å². The van der Waals surface area contributed by atoms with E-state index < -0.39 is 60.4 Å². The van der Waals surface area contributed by atoms with Gasteiger partial charge in [-0.2, -0.15) is 0 Å². The number of fused-ring (bicyclic) bond motifs is 6. The molecule has 0 aliphatic heterocycles. The summed E-state index contributed by atoms with van der Waals surface area (Å²) in [5, 5.41) is 2.55. The molecule has 0 saturated heterocycles. The average Bonchev–Trinajstić information content (AvgIpc) is 3.63. The molecule has 0 N–H and O–H groups in total. The topological polar surface area (TPSA) is 13.1 Å². The van der Waals surface area contributed by atoms with Gasteiger partial charge in [0.2, 0.25) is 0 Å². The van der Waals surface area contributed by atoms with Crippen LogP contribution in [0.3, 0.4) is 0 Å². The van der Waals surface area contributed by atoms with Gasteiger partial charge in [-0.05, 0) is 83.8 Å². The quantitative estimate of drug-likeness (QED) is 0.196. The van der Waals surface area contributed by atoms with Crippen LogP contribution >= 0.6 is 0 Å². The molecule has 1 heterocycles. The predicted octanol–water partition coefficient (Wildman–Crippen LogP) is 12.0. The first-order valence-corrected chi connectivity index (χ1v) is 13.6. The molecule has 9 rings (SSSR count). The van der Waals surface area contributed by atoms with Crippen LogP contribution in [0, 0.1) is 0 Å². The van der Waals surface area contributed by atoms with E-state index in [1.54, 1.807) is 12.1 Å². The van der Waals surface area contributed by atoms with Crippen molar-refractivity contribution in [3.05, 3.63) is 157 Å². The average molecular weight is 561 g/mol. The molecule has 1 heteroatoms. The molecule has 43 heavy (non-hydrogen) atoms. The Morgan fingerprint density at radius 3 is 1.67 bits per heavy atom. The van der Waals surface area contributed by atoms with Gasteiger partial charge < -0.3 is 4.42 Å². The second kappa shape index (κ2) is 9.44. The summed E-state index contributed by atoms with van der Waals surface area (Å²) in [5.41, 5.74) is 2.32. The van der Waals surface area contributed by atoms with E-state index in [4.69, 9.17) is 20.9 Å². The van der Waals surface area contributed by atoms with Gasteiger partial charge in [0.25, 0.3) is 0 Å². The zero-order chi connectivity index (χ0) is 40.5. The molecule has 1 nitrogen and oxygen atoms in total. The van der Waals surface area contributed by atoms with Crippen molar-refractivity contribution in [2.24, 2.45) is 0 Å². The highest BCUT2D eigenvalue weighted by atomic mass is 16.3. The fourth-order valence-corrected chi connectivity index (χ4v) is 5.96. The van der Waals surface area contributed by atoms with Gasteiger partial charge in [-0.25, -0.2) is 0 Å². The van der Waals surface area contributed by atoms with Gasteiger partial charge in [0.1, 0.15) is 11.2 Å². The van der Waals surface area contributed by atoms with Gasteiger partial charge in [0.15, 0.2) is 0 Å². The summed E-state index contributed by atoms with van der Waals surface area (Å²) in [6.45, 7) is 0. The Bertz CT molecular complexity index is 3210. The van der Waals surface area contributed by atoms with E-state index in [2.05, 4.69) is 0 Å². The van der Waals surface area contributed by atoms with Crippen molar-refractivity contribution in [3.63, 3.8) is 0 Å². The first kappa shape index (κ1) is 14.0. The number of furan rings is 1. The summed E-state index contributed by atoms with van der Waals surface area (Å²) < 4.78 is 127. The maximum Gasteiger partial charge on any atom is 0.136 e. The van der Waals surface area contributed by atoms with E-state index in [-0.39, 0.29) is 68.0 Å². The maximum atomic E-state index is 9.42. The molecule has 0 bridgehead atoms. The lowest BCUT2D eigenvalue weighted by molar-refractivity contribution is 0.669. The van der Waals surface area contributed by atoms with Crippen LogP contribution in [0.1, 0.15) is 19.2 Å². The lowest BCUT2D eigenvalue weighted by atomic mass is 9.85. The monoisotopic (exact) mass is 560 g/mol. The van der Waals surface area contributed by atoms with Crippen molar-refractivity contribution in [1.29, 1.82) is 0 Å². The lowest BCUT2D eigenvalue weighted by Crippen LogP contribution is -1.91. The SMILES string of the molecule is [2H]c1c([2H])c([2H])c2c(oc3c([2H])c(-c4c5ccccc5c(-c5ccc(-c6c([2H])c([2H])c([2H])c7c([2H])c([2H])c([2H])c([2H])c67)cc5)c5ccccc45)c([2H])c([2H])c32)c1[2H]. The van der Waals surface area contributed by atoms with Crippen LogP contribution in [0.25, 0.3) is 87.6 Å². The minimum Gasteiger partial charge on any atom is -0.456 e. The summed E-state index contributed by atoms with van der Waals surface area (Å²) in [6, 6.07) is 16.0. The second-order valence-electron chi connectivity index (χ2n) is 10.2. The van der Waals surface area contributed by atoms with Crippen LogP contribution in [-0.2, 0) is 0 Å². The minimum atomic E-state index is -0.525. The highest BCUT2D eigenvalue weighted by molar-refractivity contribution is 6.22. The fourth-order valence-electron chi connectivity index (χ4n) is 5.96. The number of hydrogen-bond acceptors (Lipinski definition) is 1. The molecule has 8 aromatic carbocycles. The predicted molar refractivity (Wildman–Crippen MR) is 183 cm³/mol. The first-order chi connectivity index (χ1) is 27.2. The molecule has 9 aromatic rings. The third-order valence-electron chi connectivity index (χ3n) is 7.84. The molecular weight excluding hydrogens is 520 g/mol. The normalized spacial score (nSPS) is 16.3. The zero-order valence-electron chi connectivity index (χ0n) is 36.3. The fraction of sp³-hybridized carbons (Fsp3) is 0. The van der Waals surface area contributed by atoms with E-state index in [1.165, 1.54) is 0 Å². The minimum absolute atomic E-state index is 0.00856. The van der Waals surface area contributed by atoms with Gasteiger partial charge in [-0.15, -0.1) is 0 Å². The van der Waals surface area contributed by atoms with Crippen LogP contribution in [0.15, 0.2) is 162 Å². The van der Waals surface area contributed by atoms with Crippen LogP contribution in [0.2, 0.25) is 0 Å². The summed E-state index contributed by atoms with van der Waals surface area (Å²) in [7, 11) is 0. The Morgan fingerprint density at radius 1 is 0.395 bits per heavy atom. The van der Waals surface area contributed by atoms with Gasteiger partial charge >= 0.3 is 0 Å². The van der Waals surface area contributed by atoms with Crippen LogP contribution in [0.4, 0.5) is 0 Å². The van der Waals surface area contributed by atoms with E-state index in [1.807, 2.05) is 60.7 Å². The Hall–Kier alpha value is -5.66. The van der Waals surface area contributed by atoms with Crippen LogP contribution in [-0.4, -0.2) is 0 Å². The summed E-state index contributed by atoms with van der Waals surface area (Å²) in [4.78, 5) is 0. The second-order valence-corrected chi connectivity index (χ2v) is 10.2. The van der Waals surface area contributed by atoms with E-state index >= 15 is 0 Å². The van der Waals surface area contributed by atoms with Gasteiger partial charge in [-0.3, -0.25) is 0 Å². The third kappa shape index (κ3) is 3.72. The third-order valence-corrected chi connectivity index (χ3v) is 7.84. The molecule has 0 spiro atoms. The Kier molecular flexibility index (Phi) is 3.07. The molecule has 0 atom stereocenters. The van der Waals surface area contributed by atoms with Crippen molar-refractivity contribution in [3.8, 4) is 33.4 Å². The Morgan fingerprint density at radius 2 is 0.953 bits per heavy atom. The summed E-state index contributed by atoms with van der Waals surface area (Å²) in [5.74, 6) is 0. The standard InChI is InChI=1S/C42H26O/c1-2-12-31-27(10-1)11-9-18-32(31)28-20-22-29(23-21-28)41-35-14-3-5-16-37(35)42(38-17-6-4-15-36(38)41)30-24-25-34-33-13-7-8-19-39(33)43-40(34)26-30/h1-26H/i1D,2D,7D,8D,9D,10D,11D,12D,13D,18D,19D,24D,25D,26D. The summed E-state index contributed by atoms with van der Waals surface area (Å²) >= 11 is 0. The largest absolute Gasteiger partial charge is 0.456 e. The zero-order valence-corrected chi connectivity index (χ0v) is 22.3. The highest BCUT2D eigenvalue weighted by Gasteiger charge is 2.18. The molecule has 0 radical (unpaired) electrons. The van der Waals surface area contributed by atoms with Crippen molar-refractivity contribution in [2.75, 3.05) is 0 Å². The molecular formula is C42H26O. The number of rotatable bonds is 3. The van der Waals surface area contributed by atoms with Crippen molar-refractivity contribution < 1.29 is 23.6 Å². The number of benzene rings is 8. The van der Waals surface area contributed by atoms with E-state index in [0.717, 1.165) is 21.9 Å². The van der Waals surface area contributed by atoms with Crippen molar-refractivity contribution in [2.45, 2.75) is 0 Å². The first-order valence-electron chi connectivity index (χ1n) is 20.6. The van der Waals surface area contributed by atoms with Gasteiger partial charge in [0, 0.05) is 10.8 Å². The lowest BCUT2D eigenvalue weighted by Gasteiger charge is -2.18. The molecule has 0 amide bonds. The molecule has 0 saturated carbocycles. The number of hydrogen-bond donors (Lipinski definition) is 0. The maximum absolute atomic E-state index is 9.42. The Balaban J connectivity index is 1.31. The van der Waals surface area contributed by atoms with E-state index in [9.17, 15) is 2.74 Å². The molecule has 0 aliphatic carbocycles.